The van der Waals surface area contributed by atoms with Crippen LogP contribution in [0, 0.1) is 22.7 Å². The number of likely N-dealkylation sites (tertiary alicyclic amines) is 1. The summed E-state index contributed by atoms with van der Waals surface area (Å²) in [6.45, 7) is 16.3. The zero-order chi connectivity index (χ0) is 28.0. The minimum atomic E-state index is -1.31. The van der Waals surface area contributed by atoms with Crippen LogP contribution in [0.15, 0.2) is 0 Å². The molecule has 0 bridgehead atoms. The number of amides is 4. The minimum Gasteiger partial charge on any atom is -0.444 e. The molecule has 0 aromatic carbocycles. The van der Waals surface area contributed by atoms with Crippen molar-refractivity contribution >= 4 is 29.6 Å². The van der Waals surface area contributed by atoms with Gasteiger partial charge in [-0.2, -0.15) is 0 Å². The molecule has 0 aromatic heterocycles. The van der Waals surface area contributed by atoms with Gasteiger partial charge in [0, 0.05) is 13.0 Å². The van der Waals surface area contributed by atoms with Gasteiger partial charge in [-0.3, -0.25) is 19.2 Å². The molecule has 6 unspecified atom stereocenters. The van der Waals surface area contributed by atoms with Crippen LogP contribution in [0.25, 0.3) is 0 Å². The lowest BCUT2D eigenvalue weighted by molar-refractivity contribution is -0.145. The number of primary amides is 1. The van der Waals surface area contributed by atoms with Crippen LogP contribution in [0.5, 0.6) is 0 Å². The Bertz CT molecular complexity index is 916. The lowest BCUT2D eigenvalue weighted by atomic mass is 9.85. The molecule has 4 amide bonds. The van der Waals surface area contributed by atoms with Crippen molar-refractivity contribution in [2.24, 2.45) is 28.4 Å². The second-order valence-electron chi connectivity index (χ2n) is 12.7. The fourth-order valence-electron chi connectivity index (χ4n) is 5.05. The minimum absolute atomic E-state index is 0.0569. The third-order valence-electron chi connectivity index (χ3n) is 6.99. The predicted octanol–water partition coefficient (Wildman–Crippen LogP) is 0.719. The molecule has 1 aliphatic carbocycles. The number of hydrogen-bond donors (Lipinski definition) is 4. The van der Waals surface area contributed by atoms with E-state index in [-0.39, 0.29) is 23.7 Å². The number of aliphatic hydroxyl groups excluding tert-OH is 1. The average Bonchev–Trinajstić information content (AvgIpc) is 3.03. The van der Waals surface area contributed by atoms with Gasteiger partial charge in [0.2, 0.25) is 17.6 Å². The normalized spacial score (nSPS) is 25.2. The van der Waals surface area contributed by atoms with Crippen LogP contribution in [0.4, 0.5) is 4.79 Å². The van der Waals surface area contributed by atoms with E-state index in [1.807, 2.05) is 13.8 Å². The molecule has 11 heteroatoms. The van der Waals surface area contributed by atoms with Gasteiger partial charge in [0.25, 0.3) is 5.91 Å². The van der Waals surface area contributed by atoms with Crippen molar-refractivity contribution in [2.75, 3.05) is 6.54 Å². The number of ether oxygens (including phenoxy) is 1. The molecule has 6 atom stereocenters. The molecule has 1 aliphatic heterocycles. The quantitative estimate of drug-likeness (QED) is 0.349. The van der Waals surface area contributed by atoms with Crippen molar-refractivity contribution in [2.45, 2.75) is 98.6 Å². The standard InChI is InChI=1S/C25H42N4O7/c1-12(30)10-14(17(31)19(26)32)27-20(33)16-15-13(25(15,8)9)11-29(16)21(34)18(23(2,3)4)28-22(35)36-24(5,6)7/h12-16,18,30H,10-11H2,1-9H3,(H2,26,32)(H,27,33)(H,28,35). The number of nitrogens with two attached hydrogens (primary N) is 1. The smallest absolute Gasteiger partial charge is 0.408 e. The van der Waals surface area contributed by atoms with Crippen molar-refractivity contribution in [3.05, 3.63) is 0 Å². The summed E-state index contributed by atoms with van der Waals surface area (Å²) in [4.78, 5) is 65.0. The van der Waals surface area contributed by atoms with E-state index < -0.39 is 64.8 Å². The van der Waals surface area contributed by atoms with Crippen molar-refractivity contribution in [3.63, 3.8) is 0 Å². The highest BCUT2D eigenvalue weighted by atomic mass is 16.6. The largest absolute Gasteiger partial charge is 0.444 e. The van der Waals surface area contributed by atoms with Gasteiger partial charge in [0.05, 0.1) is 12.1 Å². The number of nitrogens with zero attached hydrogens (tertiary/aromatic N) is 1. The number of carbonyl (C=O) groups excluding carboxylic acids is 5. The third-order valence-corrected chi connectivity index (χ3v) is 6.99. The van der Waals surface area contributed by atoms with E-state index in [1.54, 1.807) is 41.5 Å². The van der Waals surface area contributed by atoms with E-state index >= 15 is 0 Å². The van der Waals surface area contributed by atoms with Crippen molar-refractivity contribution < 1.29 is 33.8 Å². The summed E-state index contributed by atoms with van der Waals surface area (Å²) in [6.07, 6.45) is -1.92. The molecule has 204 valence electrons. The maximum Gasteiger partial charge on any atom is 0.408 e. The molecular weight excluding hydrogens is 468 g/mol. The first-order chi connectivity index (χ1) is 16.2. The maximum atomic E-state index is 13.8. The summed E-state index contributed by atoms with van der Waals surface area (Å²) in [5.74, 6) is -3.40. The Morgan fingerprint density at radius 3 is 2.08 bits per heavy atom. The Hall–Kier alpha value is -2.69. The molecule has 1 saturated heterocycles. The number of Topliss-reactive ketones (excluding diaryl/α,β-unsaturated/α-hetero) is 1. The molecule has 1 saturated carbocycles. The molecule has 2 aliphatic rings. The highest BCUT2D eigenvalue weighted by Crippen LogP contribution is 2.65. The molecule has 1 heterocycles. The average molecular weight is 511 g/mol. The van der Waals surface area contributed by atoms with Gasteiger partial charge in [-0.25, -0.2) is 4.79 Å². The van der Waals surface area contributed by atoms with Gasteiger partial charge in [-0.15, -0.1) is 0 Å². The monoisotopic (exact) mass is 510 g/mol. The number of piperidine rings is 1. The summed E-state index contributed by atoms with van der Waals surface area (Å²) in [6, 6.07) is -3.21. The Kier molecular flexibility index (Phi) is 8.20. The first-order valence-electron chi connectivity index (χ1n) is 12.3. The van der Waals surface area contributed by atoms with Gasteiger partial charge < -0.3 is 31.1 Å². The van der Waals surface area contributed by atoms with Crippen molar-refractivity contribution in [1.29, 1.82) is 0 Å². The second-order valence-corrected chi connectivity index (χ2v) is 12.7. The van der Waals surface area contributed by atoms with Gasteiger partial charge >= 0.3 is 6.09 Å². The maximum absolute atomic E-state index is 13.8. The number of nitrogens with one attached hydrogen (secondary N) is 2. The predicted molar refractivity (Wildman–Crippen MR) is 131 cm³/mol. The highest BCUT2D eigenvalue weighted by molar-refractivity contribution is 6.37. The van der Waals surface area contributed by atoms with Crippen molar-refractivity contribution in [3.8, 4) is 0 Å². The molecule has 5 N–H and O–H groups in total. The SMILES string of the molecule is CC(O)CC(NC(=O)C1C2C(CN1C(=O)C(NC(=O)OC(C)(C)C)C(C)(C)C)C2(C)C)C(=O)C(N)=O. The molecule has 11 nitrogen and oxygen atoms in total. The summed E-state index contributed by atoms with van der Waals surface area (Å²) < 4.78 is 5.35. The van der Waals surface area contributed by atoms with Crippen molar-refractivity contribution in [1.82, 2.24) is 15.5 Å². The summed E-state index contributed by atoms with van der Waals surface area (Å²) in [7, 11) is 0. The van der Waals surface area contributed by atoms with Crippen LogP contribution in [0.3, 0.4) is 0 Å². The van der Waals surface area contributed by atoms with Gasteiger partial charge in [0.15, 0.2) is 0 Å². The first kappa shape index (κ1) is 29.5. The summed E-state index contributed by atoms with van der Waals surface area (Å²) in [5.41, 5.74) is 3.47. The van der Waals surface area contributed by atoms with Crippen LogP contribution in [-0.4, -0.2) is 76.0 Å². The number of carbonyl (C=O) groups is 5. The van der Waals surface area contributed by atoms with Gasteiger partial charge in [-0.1, -0.05) is 34.6 Å². The third kappa shape index (κ3) is 6.54. The number of ketones is 1. The van der Waals surface area contributed by atoms with E-state index in [0.717, 1.165) is 0 Å². The lowest BCUT2D eigenvalue weighted by Crippen LogP contribution is -2.61. The number of aliphatic hydroxyl groups is 1. The molecule has 0 radical (unpaired) electrons. The Balaban J connectivity index is 2.33. The molecule has 2 fully saturated rings. The molecule has 0 aromatic rings. The van der Waals surface area contributed by atoms with Crippen LogP contribution >= 0.6 is 0 Å². The fraction of sp³-hybridized carbons (Fsp3) is 0.800. The van der Waals surface area contributed by atoms with Crippen LogP contribution in [0.1, 0.15) is 68.7 Å². The van der Waals surface area contributed by atoms with E-state index in [2.05, 4.69) is 10.6 Å². The zero-order valence-electron chi connectivity index (χ0n) is 22.8. The molecular formula is C25H42N4O7. The Morgan fingerprint density at radius 2 is 1.64 bits per heavy atom. The second kappa shape index (κ2) is 9.99. The van der Waals surface area contributed by atoms with E-state index in [4.69, 9.17) is 10.5 Å². The van der Waals surface area contributed by atoms with Gasteiger partial charge in [0.1, 0.15) is 17.7 Å². The molecule has 0 spiro atoms. The van der Waals surface area contributed by atoms with E-state index in [1.165, 1.54) is 11.8 Å². The fourth-order valence-corrected chi connectivity index (χ4v) is 5.05. The molecule has 2 rings (SSSR count). The highest BCUT2D eigenvalue weighted by Gasteiger charge is 2.70. The summed E-state index contributed by atoms with van der Waals surface area (Å²) in [5, 5.41) is 15.0. The number of alkyl carbamates (subject to hydrolysis) is 1. The summed E-state index contributed by atoms with van der Waals surface area (Å²) >= 11 is 0. The van der Waals surface area contributed by atoms with Crippen LogP contribution < -0.4 is 16.4 Å². The zero-order valence-corrected chi connectivity index (χ0v) is 22.8. The molecule has 36 heavy (non-hydrogen) atoms. The first-order valence-corrected chi connectivity index (χ1v) is 12.3. The number of hydrogen-bond acceptors (Lipinski definition) is 7. The number of rotatable bonds is 8. The lowest BCUT2D eigenvalue weighted by Gasteiger charge is -2.38. The Morgan fingerprint density at radius 1 is 1.08 bits per heavy atom. The topological polar surface area (TPSA) is 168 Å². The van der Waals surface area contributed by atoms with E-state index in [9.17, 15) is 29.1 Å². The van der Waals surface area contributed by atoms with Crippen LogP contribution in [0.2, 0.25) is 0 Å². The number of fused-ring (bicyclic) bond motifs is 1. The Labute approximate surface area is 212 Å². The van der Waals surface area contributed by atoms with Gasteiger partial charge in [-0.05, 0) is 50.4 Å². The van der Waals surface area contributed by atoms with E-state index in [0.29, 0.717) is 6.54 Å². The van der Waals surface area contributed by atoms with Crippen LogP contribution in [-0.2, 0) is 23.9 Å².